The minimum atomic E-state index is -0.547. The molecule has 2 fully saturated rings. The lowest BCUT2D eigenvalue weighted by Gasteiger charge is -2.53. The summed E-state index contributed by atoms with van der Waals surface area (Å²) in [5, 5.41) is 20.6. The van der Waals surface area contributed by atoms with Crippen LogP contribution in [0.1, 0.15) is 53.4 Å². The summed E-state index contributed by atoms with van der Waals surface area (Å²) in [6, 6.07) is 0. The van der Waals surface area contributed by atoms with Gasteiger partial charge in [-0.15, -0.1) is 0 Å². The van der Waals surface area contributed by atoms with E-state index in [0.29, 0.717) is 5.92 Å². The van der Waals surface area contributed by atoms with Gasteiger partial charge in [-0.1, -0.05) is 20.8 Å². The van der Waals surface area contributed by atoms with E-state index in [4.69, 9.17) is 0 Å². The van der Waals surface area contributed by atoms with Crippen molar-refractivity contribution in [2.75, 3.05) is 0 Å². The van der Waals surface area contributed by atoms with Crippen LogP contribution in [0.4, 0.5) is 0 Å². The molecule has 0 heterocycles. The first kappa shape index (κ1) is 11.4. The molecular formula is C13H24O2. The predicted octanol–water partition coefficient (Wildman–Crippen LogP) is 2.33. The summed E-state index contributed by atoms with van der Waals surface area (Å²) in [6.45, 7) is 8.49. The van der Waals surface area contributed by atoms with E-state index in [2.05, 4.69) is 20.8 Å². The molecule has 2 aliphatic rings. The highest BCUT2D eigenvalue weighted by Crippen LogP contribution is 2.62. The Morgan fingerprint density at radius 2 is 1.60 bits per heavy atom. The molecule has 0 aromatic carbocycles. The molecule has 15 heavy (non-hydrogen) atoms. The lowest BCUT2D eigenvalue weighted by atomic mass is 9.54. The number of fused-ring (bicyclic) bond motifs is 1. The number of hydrogen-bond acceptors (Lipinski definition) is 2. The van der Waals surface area contributed by atoms with Crippen LogP contribution >= 0.6 is 0 Å². The van der Waals surface area contributed by atoms with Crippen molar-refractivity contribution in [3.05, 3.63) is 0 Å². The maximum absolute atomic E-state index is 10.5. The Bertz CT molecular complexity index is 270. The average molecular weight is 212 g/mol. The fourth-order valence-electron chi connectivity index (χ4n) is 4.08. The Balaban J connectivity index is 2.38. The van der Waals surface area contributed by atoms with Gasteiger partial charge < -0.3 is 10.2 Å². The normalized spacial score (nSPS) is 54.0. The van der Waals surface area contributed by atoms with E-state index < -0.39 is 5.60 Å². The van der Waals surface area contributed by atoms with Gasteiger partial charge in [-0.25, -0.2) is 0 Å². The monoisotopic (exact) mass is 212 g/mol. The van der Waals surface area contributed by atoms with Gasteiger partial charge in [0.25, 0.3) is 0 Å². The quantitative estimate of drug-likeness (QED) is 0.647. The molecule has 2 saturated carbocycles. The van der Waals surface area contributed by atoms with E-state index in [-0.39, 0.29) is 16.9 Å². The van der Waals surface area contributed by atoms with Crippen LogP contribution in [0.15, 0.2) is 0 Å². The SMILES string of the molecule is CC1(C)C2CCC(C)(O)C2(C)CC[C@@H]1O. The van der Waals surface area contributed by atoms with Gasteiger partial charge in [-0.2, -0.15) is 0 Å². The Hall–Kier alpha value is -0.0800. The van der Waals surface area contributed by atoms with Crippen molar-refractivity contribution in [1.82, 2.24) is 0 Å². The van der Waals surface area contributed by atoms with Crippen LogP contribution in [0.5, 0.6) is 0 Å². The summed E-state index contributed by atoms with van der Waals surface area (Å²) < 4.78 is 0. The second-order valence-electron chi connectivity index (χ2n) is 6.66. The molecule has 0 aromatic rings. The second-order valence-corrected chi connectivity index (χ2v) is 6.66. The van der Waals surface area contributed by atoms with Crippen LogP contribution in [0.25, 0.3) is 0 Å². The van der Waals surface area contributed by atoms with Crippen molar-refractivity contribution < 1.29 is 10.2 Å². The molecular weight excluding hydrogens is 188 g/mol. The zero-order valence-electron chi connectivity index (χ0n) is 10.4. The van der Waals surface area contributed by atoms with Gasteiger partial charge in [0, 0.05) is 0 Å². The molecule has 0 spiro atoms. The first-order chi connectivity index (χ1) is 6.72. The number of aliphatic hydroxyl groups is 2. The molecule has 0 saturated heterocycles. The molecule has 2 aliphatic carbocycles. The van der Waals surface area contributed by atoms with E-state index in [0.717, 1.165) is 25.7 Å². The first-order valence-electron chi connectivity index (χ1n) is 6.12. The standard InChI is InChI=1S/C13H24O2/c1-11(2)9-5-8-13(4,15)12(9,3)7-6-10(11)14/h9-10,14-15H,5-8H2,1-4H3/t9?,10-,12?,13?/m0/s1. The van der Waals surface area contributed by atoms with Crippen LogP contribution < -0.4 is 0 Å². The zero-order chi connectivity index (χ0) is 11.5. The van der Waals surface area contributed by atoms with Gasteiger partial charge in [0.15, 0.2) is 0 Å². The first-order valence-corrected chi connectivity index (χ1v) is 6.12. The molecule has 3 unspecified atom stereocenters. The molecule has 2 heteroatoms. The molecule has 0 aromatic heterocycles. The maximum atomic E-state index is 10.5. The number of aliphatic hydroxyl groups excluding tert-OH is 1. The summed E-state index contributed by atoms with van der Waals surface area (Å²) in [4.78, 5) is 0. The van der Waals surface area contributed by atoms with E-state index >= 15 is 0 Å². The topological polar surface area (TPSA) is 40.5 Å². The van der Waals surface area contributed by atoms with E-state index in [1.807, 2.05) is 6.92 Å². The van der Waals surface area contributed by atoms with Gasteiger partial charge in [-0.3, -0.25) is 0 Å². The third kappa shape index (κ3) is 1.31. The van der Waals surface area contributed by atoms with Gasteiger partial charge in [0.05, 0.1) is 11.7 Å². The lowest BCUT2D eigenvalue weighted by molar-refractivity contribution is -0.141. The van der Waals surface area contributed by atoms with Crippen molar-refractivity contribution in [3.63, 3.8) is 0 Å². The van der Waals surface area contributed by atoms with Crippen molar-refractivity contribution in [2.45, 2.75) is 65.1 Å². The van der Waals surface area contributed by atoms with Crippen LogP contribution in [0.2, 0.25) is 0 Å². The summed E-state index contributed by atoms with van der Waals surface area (Å²) in [6.07, 6.45) is 3.51. The van der Waals surface area contributed by atoms with E-state index in [1.165, 1.54) is 0 Å². The summed E-state index contributed by atoms with van der Waals surface area (Å²) in [5.74, 6) is 0.448. The maximum Gasteiger partial charge on any atom is 0.0676 e. The minimum absolute atomic E-state index is 0.00424. The summed E-state index contributed by atoms with van der Waals surface area (Å²) >= 11 is 0. The van der Waals surface area contributed by atoms with Crippen LogP contribution in [0, 0.1) is 16.7 Å². The largest absolute Gasteiger partial charge is 0.393 e. The highest BCUT2D eigenvalue weighted by molar-refractivity contribution is 5.11. The fraction of sp³-hybridized carbons (Fsp3) is 1.00. The fourth-order valence-corrected chi connectivity index (χ4v) is 4.08. The molecule has 0 aliphatic heterocycles. The van der Waals surface area contributed by atoms with Crippen LogP contribution in [-0.2, 0) is 0 Å². The molecule has 2 N–H and O–H groups in total. The third-order valence-corrected chi connectivity index (χ3v) is 5.61. The molecule has 4 atom stereocenters. The van der Waals surface area contributed by atoms with Crippen molar-refractivity contribution >= 4 is 0 Å². The Morgan fingerprint density at radius 3 is 2.20 bits per heavy atom. The Labute approximate surface area is 92.7 Å². The van der Waals surface area contributed by atoms with E-state index in [1.54, 1.807) is 0 Å². The third-order valence-electron chi connectivity index (χ3n) is 5.61. The predicted molar refractivity (Wildman–Crippen MR) is 60.5 cm³/mol. The van der Waals surface area contributed by atoms with Gasteiger partial charge in [0.1, 0.15) is 0 Å². The molecule has 0 amide bonds. The number of hydrogen-bond donors (Lipinski definition) is 2. The molecule has 88 valence electrons. The van der Waals surface area contributed by atoms with Crippen molar-refractivity contribution in [3.8, 4) is 0 Å². The van der Waals surface area contributed by atoms with Crippen molar-refractivity contribution in [2.24, 2.45) is 16.7 Å². The summed E-state index contributed by atoms with van der Waals surface area (Å²) in [5.41, 5.74) is -0.599. The summed E-state index contributed by atoms with van der Waals surface area (Å²) in [7, 11) is 0. The second kappa shape index (κ2) is 2.98. The van der Waals surface area contributed by atoms with Crippen molar-refractivity contribution in [1.29, 1.82) is 0 Å². The smallest absolute Gasteiger partial charge is 0.0676 e. The Kier molecular flexibility index (Phi) is 2.27. The molecule has 2 rings (SSSR count). The molecule has 0 radical (unpaired) electrons. The Morgan fingerprint density at radius 1 is 1.00 bits per heavy atom. The minimum Gasteiger partial charge on any atom is -0.393 e. The van der Waals surface area contributed by atoms with Gasteiger partial charge in [0.2, 0.25) is 0 Å². The van der Waals surface area contributed by atoms with Gasteiger partial charge in [-0.05, 0) is 49.4 Å². The number of rotatable bonds is 0. The average Bonchev–Trinajstić information content (AvgIpc) is 2.34. The molecule has 0 bridgehead atoms. The van der Waals surface area contributed by atoms with Crippen LogP contribution in [-0.4, -0.2) is 21.9 Å². The lowest BCUT2D eigenvalue weighted by Crippen LogP contribution is -2.53. The highest BCUT2D eigenvalue weighted by atomic mass is 16.3. The van der Waals surface area contributed by atoms with E-state index in [9.17, 15) is 10.2 Å². The zero-order valence-corrected chi connectivity index (χ0v) is 10.4. The van der Waals surface area contributed by atoms with Crippen LogP contribution in [0.3, 0.4) is 0 Å². The highest BCUT2D eigenvalue weighted by Gasteiger charge is 2.61. The van der Waals surface area contributed by atoms with Gasteiger partial charge >= 0.3 is 0 Å². The molecule has 2 nitrogen and oxygen atoms in total.